The van der Waals surface area contributed by atoms with Crippen LogP contribution < -0.4 is 5.32 Å². The molecule has 0 saturated carbocycles. The number of carboxylic acids is 1. The van der Waals surface area contributed by atoms with Crippen molar-refractivity contribution >= 4 is 22.9 Å². The third-order valence-corrected chi connectivity index (χ3v) is 3.24. The molecule has 0 amide bonds. The number of carbonyl (C=O) groups is 1. The van der Waals surface area contributed by atoms with Crippen LogP contribution in [0.5, 0.6) is 0 Å². The van der Waals surface area contributed by atoms with Crippen molar-refractivity contribution in [2.24, 2.45) is 4.99 Å². The zero-order valence-electron chi connectivity index (χ0n) is 10.4. The first-order valence-corrected chi connectivity index (χ1v) is 5.99. The van der Waals surface area contributed by atoms with E-state index in [0.29, 0.717) is 16.8 Å². The SMILES string of the molecule is CC1=C(C(=O)O)[C@H](c2cccc(F)c2C)N=C(Cl)N1. The van der Waals surface area contributed by atoms with Gasteiger partial charge in [0.05, 0.1) is 5.57 Å². The number of rotatable bonds is 2. The first-order chi connectivity index (χ1) is 8.91. The second-order valence-electron chi connectivity index (χ2n) is 4.25. The van der Waals surface area contributed by atoms with E-state index in [9.17, 15) is 14.3 Å². The molecule has 4 nitrogen and oxygen atoms in total. The van der Waals surface area contributed by atoms with Gasteiger partial charge in [-0.3, -0.25) is 0 Å². The highest BCUT2D eigenvalue weighted by atomic mass is 35.5. The first kappa shape index (κ1) is 13.5. The van der Waals surface area contributed by atoms with E-state index in [4.69, 9.17) is 11.6 Å². The molecule has 1 atom stereocenters. The van der Waals surface area contributed by atoms with E-state index in [1.165, 1.54) is 12.1 Å². The molecular formula is C13H12ClFN2O2. The van der Waals surface area contributed by atoms with Gasteiger partial charge in [0.15, 0.2) is 5.29 Å². The Labute approximate surface area is 114 Å². The summed E-state index contributed by atoms with van der Waals surface area (Å²) in [6.45, 7) is 3.19. The second-order valence-corrected chi connectivity index (χ2v) is 4.60. The maximum Gasteiger partial charge on any atom is 0.335 e. The minimum absolute atomic E-state index is 0.0677. The number of hydrogen-bond acceptors (Lipinski definition) is 3. The quantitative estimate of drug-likeness (QED) is 0.820. The summed E-state index contributed by atoms with van der Waals surface area (Å²) in [5.41, 5.74) is 1.34. The summed E-state index contributed by atoms with van der Waals surface area (Å²) in [5, 5.41) is 12.0. The van der Waals surface area contributed by atoms with E-state index in [2.05, 4.69) is 10.3 Å². The van der Waals surface area contributed by atoms with Gasteiger partial charge in [0.25, 0.3) is 0 Å². The number of hydrogen-bond donors (Lipinski definition) is 2. The van der Waals surface area contributed by atoms with Crippen LogP contribution in [0, 0.1) is 12.7 Å². The Kier molecular flexibility index (Phi) is 3.57. The summed E-state index contributed by atoms with van der Waals surface area (Å²) in [4.78, 5) is 15.4. The fourth-order valence-corrected chi connectivity index (χ4v) is 2.30. The summed E-state index contributed by atoms with van der Waals surface area (Å²) in [6, 6.07) is 3.69. The first-order valence-electron chi connectivity index (χ1n) is 5.61. The van der Waals surface area contributed by atoms with Crippen molar-refractivity contribution in [2.45, 2.75) is 19.9 Å². The molecule has 0 unspecified atom stereocenters. The number of benzene rings is 1. The summed E-state index contributed by atoms with van der Waals surface area (Å²) >= 11 is 5.84. The molecule has 1 aromatic rings. The molecule has 1 aromatic carbocycles. The molecule has 0 radical (unpaired) electrons. The number of nitrogens with one attached hydrogen (secondary N) is 1. The normalized spacial score (nSPS) is 18.9. The van der Waals surface area contributed by atoms with Gasteiger partial charge in [-0.25, -0.2) is 14.2 Å². The van der Waals surface area contributed by atoms with E-state index in [1.54, 1.807) is 19.9 Å². The Hall–Kier alpha value is -1.88. The Balaban J connectivity index is 2.60. The zero-order chi connectivity index (χ0) is 14.2. The molecule has 0 aliphatic carbocycles. The minimum atomic E-state index is -1.11. The van der Waals surface area contributed by atoms with Gasteiger partial charge in [-0.05, 0) is 42.6 Å². The highest BCUT2D eigenvalue weighted by Crippen LogP contribution is 2.33. The molecule has 1 aliphatic heterocycles. The molecule has 0 saturated heterocycles. The maximum absolute atomic E-state index is 13.6. The maximum atomic E-state index is 13.6. The summed E-state index contributed by atoms with van der Waals surface area (Å²) < 4.78 is 13.6. The molecule has 2 N–H and O–H groups in total. The Bertz CT molecular complexity index is 611. The average Bonchev–Trinajstić information content (AvgIpc) is 2.31. The summed E-state index contributed by atoms with van der Waals surface area (Å²) in [7, 11) is 0. The number of amidine groups is 1. The summed E-state index contributed by atoms with van der Waals surface area (Å²) in [5.74, 6) is -1.50. The van der Waals surface area contributed by atoms with Gasteiger partial charge >= 0.3 is 5.97 Å². The number of nitrogens with zero attached hydrogens (tertiary/aromatic N) is 1. The minimum Gasteiger partial charge on any atom is -0.478 e. The van der Waals surface area contributed by atoms with Crippen molar-refractivity contribution in [1.82, 2.24) is 5.32 Å². The number of aliphatic carboxylic acids is 1. The second kappa shape index (κ2) is 5.01. The predicted molar refractivity (Wildman–Crippen MR) is 70.6 cm³/mol. The van der Waals surface area contributed by atoms with Crippen molar-refractivity contribution < 1.29 is 14.3 Å². The highest BCUT2D eigenvalue weighted by molar-refractivity contribution is 6.65. The molecule has 0 bridgehead atoms. The van der Waals surface area contributed by atoms with Crippen LogP contribution in [0.15, 0.2) is 34.5 Å². The van der Waals surface area contributed by atoms with Crippen LogP contribution in [0.25, 0.3) is 0 Å². The molecule has 19 heavy (non-hydrogen) atoms. The van der Waals surface area contributed by atoms with Gasteiger partial charge in [-0.2, -0.15) is 0 Å². The lowest BCUT2D eigenvalue weighted by Gasteiger charge is -2.23. The number of carboxylic acid groups (broad SMARTS) is 1. The van der Waals surface area contributed by atoms with E-state index in [0.717, 1.165) is 0 Å². The average molecular weight is 283 g/mol. The molecule has 0 aromatic heterocycles. The van der Waals surface area contributed by atoms with Crippen molar-refractivity contribution in [3.8, 4) is 0 Å². The Morgan fingerprint density at radius 2 is 2.16 bits per heavy atom. The predicted octanol–water partition coefficient (Wildman–Crippen LogP) is 2.73. The number of halogens is 2. The van der Waals surface area contributed by atoms with Crippen LogP contribution in [0.2, 0.25) is 0 Å². The van der Waals surface area contributed by atoms with Crippen LogP contribution in [-0.2, 0) is 4.79 Å². The molecule has 100 valence electrons. The smallest absolute Gasteiger partial charge is 0.335 e. The molecule has 2 rings (SSSR count). The number of aliphatic imine (C=N–C) groups is 1. The van der Waals surface area contributed by atoms with Gasteiger partial charge in [-0.1, -0.05) is 12.1 Å². The van der Waals surface area contributed by atoms with E-state index < -0.39 is 17.8 Å². The van der Waals surface area contributed by atoms with E-state index in [-0.39, 0.29) is 10.9 Å². The van der Waals surface area contributed by atoms with Crippen molar-refractivity contribution in [3.63, 3.8) is 0 Å². The Morgan fingerprint density at radius 3 is 2.79 bits per heavy atom. The van der Waals surface area contributed by atoms with Crippen molar-refractivity contribution in [2.75, 3.05) is 0 Å². The lowest BCUT2D eigenvalue weighted by Crippen LogP contribution is -2.28. The topological polar surface area (TPSA) is 61.7 Å². The van der Waals surface area contributed by atoms with Gasteiger partial charge in [0, 0.05) is 5.70 Å². The molecule has 1 heterocycles. The van der Waals surface area contributed by atoms with E-state index in [1.807, 2.05) is 0 Å². The Morgan fingerprint density at radius 1 is 1.47 bits per heavy atom. The van der Waals surface area contributed by atoms with E-state index >= 15 is 0 Å². The monoisotopic (exact) mass is 282 g/mol. The van der Waals surface area contributed by atoms with Crippen LogP contribution >= 0.6 is 11.6 Å². The van der Waals surface area contributed by atoms with Crippen molar-refractivity contribution in [1.29, 1.82) is 0 Å². The number of allylic oxidation sites excluding steroid dienone is 1. The standard InChI is InChI=1S/C13H12ClFN2O2/c1-6-8(4-3-5-9(6)15)11-10(12(18)19)7(2)16-13(14)17-11/h3-5,11H,1-2H3,(H,16,17)(H,18,19)/t11-/m0/s1. The van der Waals surface area contributed by atoms with Gasteiger partial charge in [0.1, 0.15) is 11.9 Å². The fourth-order valence-electron chi connectivity index (χ4n) is 2.06. The molecular weight excluding hydrogens is 271 g/mol. The van der Waals surface area contributed by atoms with Crippen molar-refractivity contribution in [3.05, 3.63) is 46.4 Å². The van der Waals surface area contributed by atoms with Crippen LogP contribution in [0.3, 0.4) is 0 Å². The molecule has 6 heteroatoms. The molecule has 1 aliphatic rings. The third kappa shape index (κ3) is 2.46. The lowest BCUT2D eigenvalue weighted by atomic mass is 9.93. The van der Waals surface area contributed by atoms with Crippen LogP contribution in [0.1, 0.15) is 24.1 Å². The van der Waals surface area contributed by atoms with Gasteiger partial charge in [-0.15, -0.1) is 0 Å². The fraction of sp³-hybridized carbons (Fsp3) is 0.231. The largest absolute Gasteiger partial charge is 0.478 e. The van der Waals surface area contributed by atoms with Crippen LogP contribution in [-0.4, -0.2) is 16.4 Å². The molecule has 0 spiro atoms. The van der Waals surface area contributed by atoms with Gasteiger partial charge in [0.2, 0.25) is 0 Å². The third-order valence-electron chi connectivity index (χ3n) is 3.05. The lowest BCUT2D eigenvalue weighted by molar-refractivity contribution is -0.133. The summed E-state index contributed by atoms with van der Waals surface area (Å²) in [6.07, 6.45) is 0. The molecule has 0 fully saturated rings. The highest BCUT2D eigenvalue weighted by Gasteiger charge is 2.30. The van der Waals surface area contributed by atoms with Gasteiger partial charge < -0.3 is 10.4 Å². The van der Waals surface area contributed by atoms with Crippen LogP contribution in [0.4, 0.5) is 4.39 Å². The zero-order valence-corrected chi connectivity index (χ0v) is 11.1.